The lowest BCUT2D eigenvalue weighted by Crippen LogP contribution is -2.26. The minimum atomic E-state index is 0.491. The lowest BCUT2D eigenvalue weighted by Gasteiger charge is -2.24. The fraction of sp³-hybridized carbons (Fsp3) is 0.611. The maximum Gasteiger partial charge on any atom is 0.126 e. The third-order valence-corrected chi connectivity index (χ3v) is 5.49. The van der Waals surface area contributed by atoms with Gasteiger partial charge in [-0.2, -0.15) is 0 Å². The van der Waals surface area contributed by atoms with E-state index in [1.165, 1.54) is 68.0 Å². The average molecular weight is 298 g/mol. The molecule has 4 nitrogen and oxygen atoms in total. The molecule has 1 aliphatic heterocycles. The third kappa shape index (κ3) is 2.30. The van der Waals surface area contributed by atoms with E-state index in [-0.39, 0.29) is 0 Å². The van der Waals surface area contributed by atoms with E-state index in [9.17, 15) is 0 Å². The molecule has 1 aliphatic carbocycles. The minimum absolute atomic E-state index is 0.491. The molecule has 4 heteroatoms. The van der Waals surface area contributed by atoms with Crippen LogP contribution in [0.15, 0.2) is 18.3 Å². The van der Waals surface area contributed by atoms with E-state index >= 15 is 0 Å². The Morgan fingerprint density at radius 2 is 2.05 bits per heavy atom. The summed E-state index contributed by atoms with van der Waals surface area (Å²) in [5, 5.41) is 0. The van der Waals surface area contributed by atoms with E-state index in [0.29, 0.717) is 6.04 Å². The Labute approximate surface area is 132 Å². The molecular formula is C18H26N4. The van der Waals surface area contributed by atoms with Crippen molar-refractivity contribution in [2.75, 3.05) is 6.54 Å². The summed E-state index contributed by atoms with van der Waals surface area (Å²) in [4.78, 5) is 7.66. The molecule has 1 fully saturated rings. The molecule has 0 saturated carbocycles. The SMILES string of the molecule is Cn1cccc1CN1CCCC1c1nc2c(n1C)CCCC2. The molecule has 0 aromatic carbocycles. The van der Waals surface area contributed by atoms with Gasteiger partial charge in [-0.1, -0.05) is 0 Å². The Bertz CT molecular complexity index is 667. The van der Waals surface area contributed by atoms with Gasteiger partial charge in [0.1, 0.15) is 5.82 Å². The van der Waals surface area contributed by atoms with Crippen LogP contribution in [0.4, 0.5) is 0 Å². The number of hydrogen-bond acceptors (Lipinski definition) is 2. The van der Waals surface area contributed by atoms with Gasteiger partial charge in [0.2, 0.25) is 0 Å². The van der Waals surface area contributed by atoms with Crippen molar-refractivity contribution in [2.24, 2.45) is 14.1 Å². The highest BCUT2D eigenvalue weighted by Crippen LogP contribution is 2.34. The fourth-order valence-corrected chi connectivity index (χ4v) is 4.18. The molecule has 4 rings (SSSR count). The van der Waals surface area contributed by atoms with Crippen LogP contribution in [0.3, 0.4) is 0 Å². The molecule has 0 N–H and O–H groups in total. The van der Waals surface area contributed by atoms with Crippen molar-refractivity contribution in [3.8, 4) is 0 Å². The number of aromatic nitrogens is 3. The second-order valence-corrected chi connectivity index (χ2v) is 6.87. The highest BCUT2D eigenvalue weighted by molar-refractivity contribution is 5.22. The van der Waals surface area contributed by atoms with Crippen LogP contribution in [0.25, 0.3) is 0 Å². The molecule has 2 aromatic rings. The predicted octanol–water partition coefficient (Wildman–Crippen LogP) is 2.97. The normalized spacial score (nSPS) is 22.2. The van der Waals surface area contributed by atoms with Gasteiger partial charge in [0.25, 0.3) is 0 Å². The van der Waals surface area contributed by atoms with Gasteiger partial charge in [0, 0.05) is 38.2 Å². The first-order valence-corrected chi connectivity index (χ1v) is 8.62. The van der Waals surface area contributed by atoms with Crippen LogP contribution >= 0.6 is 0 Å². The first kappa shape index (κ1) is 14.1. The van der Waals surface area contributed by atoms with Crippen molar-refractivity contribution >= 4 is 0 Å². The van der Waals surface area contributed by atoms with Crippen molar-refractivity contribution in [3.05, 3.63) is 41.2 Å². The first-order valence-electron chi connectivity index (χ1n) is 8.62. The molecule has 2 aromatic heterocycles. The molecule has 2 aliphatic rings. The zero-order chi connectivity index (χ0) is 15.1. The molecule has 22 heavy (non-hydrogen) atoms. The van der Waals surface area contributed by atoms with Crippen LogP contribution in [-0.2, 0) is 33.5 Å². The number of fused-ring (bicyclic) bond motifs is 1. The summed E-state index contributed by atoms with van der Waals surface area (Å²) in [6.07, 6.45) is 9.68. The zero-order valence-electron chi connectivity index (χ0n) is 13.8. The maximum absolute atomic E-state index is 5.05. The predicted molar refractivity (Wildman–Crippen MR) is 87.6 cm³/mol. The lowest BCUT2D eigenvalue weighted by atomic mass is 10.0. The number of likely N-dealkylation sites (tertiary alicyclic amines) is 1. The number of imidazole rings is 1. The Kier molecular flexibility index (Phi) is 3.57. The van der Waals surface area contributed by atoms with Crippen molar-refractivity contribution in [1.82, 2.24) is 19.0 Å². The van der Waals surface area contributed by atoms with Crippen LogP contribution in [0.5, 0.6) is 0 Å². The largest absolute Gasteiger partial charge is 0.353 e. The third-order valence-electron chi connectivity index (χ3n) is 5.49. The highest BCUT2D eigenvalue weighted by Gasteiger charge is 2.31. The van der Waals surface area contributed by atoms with Gasteiger partial charge >= 0.3 is 0 Å². The van der Waals surface area contributed by atoms with Gasteiger partial charge in [-0.05, 0) is 57.2 Å². The standard InChI is InChI=1S/C18H26N4/c1-20-11-5-7-14(20)13-22-12-6-10-17(22)18-19-15-8-3-4-9-16(15)21(18)2/h5,7,11,17H,3-4,6,8-10,12-13H2,1-2H3. The van der Waals surface area contributed by atoms with Crippen molar-refractivity contribution in [2.45, 2.75) is 51.1 Å². The number of nitrogens with zero attached hydrogens (tertiary/aromatic N) is 4. The van der Waals surface area contributed by atoms with Gasteiger partial charge in [0.15, 0.2) is 0 Å². The summed E-state index contributed by atoms with van der Waals surface area (Å²) in [5.74, 6) is 1.30. The highest BCUT2D eigenvalue weighted by atomic mass is 15.2. The van der Waals surface area contributed by atoms with E-state index in [2.05, 4.69) is 46.5 Å². The lowest BCUT2D eigenvalue weighted by molar-refractivity contribution is 0.231. The molecule has 118 valence electrons. The van der Waals surface area contributed by atoms with Crippen molar-refractivity contribution in [3.63, 3.8) is 0 Å². The number of rotatable bonds is 3. The Balaban J connectivity index is 1.61. The van der Waals surface area contributed by atoms with Crippen molar-refractivity contribution < 1.29 is 0 Å². The van der Waals surface area contributed by atoms with Crippen LogP contribution in [0, 0.1) is 0 Å². The van der Waals surface area contributed by atoms with Gasteiger partial charge in [-0.3, -0.25) is 4.90 Å². The van der Waals surface area contributed by atoms with Gasteiger partial charge in [-0.15, -0.1) is 0 Å². The molecule has 0 amide bonds. The topological polar surface area (TPSA) is 26.0 Å². The van der Waals surface area contributed by atoms with Gasteiger partial charge in [-0.25, -0.2) is 4.98 Å². The molecule has 0 bridgehead atoms. The van der Waals surface area contributed by atoms with Crippen LogP contribution in [0.1, 0.15) is 54.6 Å². The van der Waals surface area contributed by atoms with E-state index in [1.807, 2.05) is 0 Å². The van der Waals surface area contributed by atoms with Gasteiger partial charge < -0.3 is 9.13 Å². The van der Waals surface area contributed by atoms with E-state index < -0.39 is 0 Å². The van der Waals surface area contributed by atoms with Gasteiger partial charge in [0.05, 0.1) is 11.7 Å². The summed E-state index contributed by atoms with van der Waals surface area (Å²) in [5.41, 5.74) is 4.26. The monoisotopic (exact) mass is 298 g/mol. The quantitative estimate of drug-likeness (QED) is 0.870. The maximum atomic E-state index is 5.05. The Morgan fingerprint density at radius 1 is 1.18 bits per heavy atom. The molecule has 1 unspecified atom stereocenters. The Morgan fingerprint density at radius 3 is 2.82 bits per heavy atom. The Hall–Kier alpha value is -1.55. The molecule has 0 radical (unpaired) electrons. The summed E-state index contributed by atoms with van der Waals surface area (Å²) in [6.45, 7) is 2.22. The van der Waals surface area contributed by atoms with E-state index in [0.717, 1.165) is 6.54 Å². The average Bonchev–Trinajstić information content (AvgIpc) is 3.21. The minimum Gasteiger partial charge on any atom is -0.353 e. The van der Waals surface area contributed by atoms with E-state index in [1.54, 1.807) is 0 Å². The second-order valence-electron chi connectivity index (χ2n) is 6.87. The van der Waals surface area contributed by atoms with Crippen LogP contribution < -0.4 is 0 Å². The molecular weight excluding hydrogens is 272 g/mol. The van der Waals surface area contributed by atoms with E-state index in [4.69, 9.17) is 4.98 Å². The molecule has 0 spiro atoms. The van der Waals surface area contributed by atoms with Crippen molar-refractivity contribution in [1.29, 1.82) is 0 Å². The molecule has 1 saturated heterocycles. The smallest absolute Gasteiger partial charge is 0.126 e. The first-order chi connectivity index (χ1) is 10.7. The number of hydrogen-bond donors (Lipinski definition) is 0. The summed E-state index contributed by atoms with van der Waals surface area (Å²) in [7, 11) is 4.37. The van der Waals surface area contributed by atoms with Crippen LogP contribution in [-0.4, -0.2) is 25.6 Å². The number of aryl methyl sites for hydroxylation is 2. The molecule has 3 heterocycles. The summed E-state index contributed by atoms with van der Waals surface area (Å²) in [6, 6.07) is 4.86. The summed E-state index contributed by atoms with van der Waals surface area (Å²) < 4.78 is 4.64. The van der Waals surface area contributed by atoms with Crippen LogP contribution in [0.2, 0.25) is 0 Å². The summed E-state index contributed by atoms with van der Waals surface area (Å²) >= 11 is 0. The second kappa shape index (κ2) is 5.58. The molecule has 1 atom stereocenters. The zero-order valence-corrected chi connectivity index (χ0v) is 13.8. The fourth-order valence-electron chi connectivity index (χ4n) is 4.18.